The van der Waals surface area contributed by atoms with Crippen LogP contribution in [-0.4, -0.2) is 68.7 Å². The number of carbonyl (C=O) groups is 2. The van der Waals surface area contributed by atoms with Crippen LogP contribution in [0.2, 0.25) is 0 Å². The minimum atomic E-state index is -0.206. The summed E-state index contributed by atoms with van der Waals surface area (Å²) in [5.74, 6) is 0.0822. The van der Waals surface area contributed by atoms with Crippen LogP contribution in [-0.2, 0) is 9.47 Å². The molecule has 2 aliphatic heterocycles. The van der Waals surface area contributed by atoms with Crippen LogP contribution >= 0.6 is 11.3 Å². The van der Waals surface area contributed by atoms with E-state index >= 15 is 0 Å². The van der Waals surface area contributed by atoms with E-state index in [0.29, 0.717) is 28.5 Å². The van der Waals surface area contributed by atoms with E-state index in [1.54, 1.807) is 30.3 Å². The minimum absolute atomic E-state index is 0.111. The number of hydrogen-bond donors (Lipinski definition) is 1. The summed E-state index contributed by atoms with van der Waals surface area (Å²) in [6.45, 7) is 5.21. The number of ether oxygens (including phenoxy) is 2. The number of nitrogens with zero attached hydrogens (tertiary/aromatic N) is 1. The molecule has 4 rings (SSSR count). The van der Waals surface area contributed by atoms with E-state index in [1.807, 2.05) is 11.4 Å². The van der Waals surface area contributed by atoms with Gasteiger partial charge in [0.15, 0.2) is 0 Å². The fourth-order valence-corrected chi connectivity index (χ4v) is 4.75. The Kier molecular flexibility index (Phi) is 6.71. The Morgan fingerprint density at radius 1 is 1.07 bits per heavy atom. The summed E-state index contributed by atoms with van der Waals surface area (Å²) >= 11 is 1.39. The molecule has 1 aromatic carbocycles. The van der Waals surface area contributed by atoms with Crippen LogP contribution in [0.15, 0.2) is 41.8 Å². The minimum Gasteiger partial charge on any atom is -0.381 e. The molecule has 2 unspecified atom stereocenters. The predicted molar refractivity (Wildman–Crippen MR) is 112 cm³/mol. The average molecular weight is 415 g/mol. The van der Waals surface area contributed by atoms with Crippen molar-refractivity contribution in [3.63, 3.8) is 0 Å². The Balaban J connectivity index is 1.47. The summed E-state index contributed by atoms with van der Waals surface area (Å²) in [7, 11) is 0. The lowest BCUT2D eigenvalue weighted by atomic mass is 9.96. The highest BCUT2D eigenvalue weighted by molar-refractivity contribution is 7.12. The van der Waals surface area contributed by atoms with Crippen LogP contribution in [0.5, 0.6) is 0 Å². The molecule has 7 heteroatoms. The molecule has 0 aliphatic carbocycles. The van der Waals surface area contributed by atoms with Crippen molar-refractivity contribution >= 4 is 23.0 Å². The lowest BCUT2D eigenvalue weighted by Gasteiger charge is -2.37. The summed E-state index contributed by atoms with van der Waals surface area (Å²) in [6.07, 6.45) is 1.01. The fraction of sp³-hybridized carbons (Fsp3) is 0.455. The maximum Gasteiger partial charge on any atom is 0.252 e. The van der Waals surface area contributed by atoms with Crippen molar-refractivity contribution in [3.05, 3.63) is 57.8 Å². The molecule has 0 saturated carbocycles. The maximum absolute atomic E-state index is 13.0. The number of amides is 1. The second kappa shape index (κ2) is 9.63. The molecular formula is C22H26N2O4S. The summed E-state index contributed by atoms with van der Waals surface area (Å²) in [4.78, 5) is 28.9. The van der Waals surface area contributed by atoms with Gasteiger partial charge in [-0.15, -0.1) is 11.3 Å². The molecule has 29 heavy (non-hydrogen) atoms. The van der Waals surface area contributed by atoms with Crippen LogP contribution in [0, 0.1) is 5.92 Å². The first-order valence-corrected chi connectivity index (χ1v) is 11.0. The van der Waals surface area contributed by atoms with E-state index in [9.17, 15) is 9.59 Å². The lowest BCUT2D eigenvalue weighted by Crippen LogP contribution is -2.52. The standard InChI is InChI=1S/C22H26N2O4S/c25-21(20-6-3-13-29-20)17-4-1-2-5-18(17)22(26)23-14-19(16-7-10-28-15-16)24-8-11-27-12-9-24/h1-6,13,16,19H,7-12,14-15H2,(H,23,26). The first-order valence-electron chi connectivity index (χ1n) is 10.1. The largest absolute Gasteiger partial charge is 0.381 e. The number of thiophene rings is 1. The fourth-order valence-electron chi connectivity index (χ4n) is 4.07. The summed E-state index contributed by atoms with van der Waals surface area (Å²) in [6, 6.07) is 10.9. The molecule has 6 nitrogen and oxygen atoms in total. The van der Waals surface area contributed by atoms with E-state index < -0.39 is 0 Å². The summed E-state index contributed by atoms with van der Waals surface area (Å²) in [5, 5.41) is 4.96. The predicted octanol–water partition coefficient (Wildman–Crippen LogP) is 2.45. The molecule has 1 aromatic heterocycles. The number of carbonyl (C=O) groups excluding carboxylic acids is 2. The van der Waals surface area contributed by atoms with E-state index in [4.69, 9.17) is 9.47 Å². The number of hydrogen-bond acceptors (Lipinski definition) is 6. The van der Waals surface area contributed by atoms with Crippen molar-refractivity contribution in [2.75, 3.05) is 46.1 Å². The third kappa shape index (κ3) is 4.75. The molecule has 2 aromatic rings. The zero-order valence-corrected chi connectivity index (χ0v) is 17.2. The molecule has 154 valence electrons. The third-order valence-corrected chi connectivity index (χ3v) is 6.53. The Hall–Kier alpha value is -2.06. The van der Waals surface area contributed by atoms with Gasteiger partial charge in [0.1, 0.15) is 0 Å². The van der Waals surface area contributed by atoms with Crippen LogP contribution in [0.3, 0.4) is 0 Å². The van der Waals surface area contributed by atoms with Gasteiger partial charge in [-0.2, -0.15) is 0 Å². The van der Waals surface area contributed by atoms with Gasteiger partial charge in [0.05, 0.1) is 30.3 Å². The molecule has 2 fully saturated rings. The molecule has 3 heterocycles. The van der Waals surface area contributed by atoms with Gasteiger partial charge in [0.25, 0.3) is 5.91 Å². The highest BCUT2D eigenvalue weighted by Gasteiger charge is 2.32. The zero-order chi connectivity index (χ0) is 20.1. The Bertz CT molecular complexity index is 827. The Labute approximate surface area is 174 Å². The third-order valence-electron chi connectivity index (χ3n) is 5.66. The van der Waals surface area contributed by atoms with Gasteiger partial charge < -0.3 is 14.8 Å². The number of rotatable bonds is 7. The maximum atomic E-state index is 13.0. The molecule has 0 bridgehead atoms. The second-order valence-corrected chi connectivity index (χ2v) is 8.35. The molecular weight excluding hydrogens is 388 g/mol. The number of ketones is 1. The van der Waals surface area contributed by atoms with Gasteiger partial charge >= 0.3 is 0 Å². The summed E-state index contributed by atoms with van der Waals surface area (Å²) < 4.78 is 11.1. The lowest BCUT2D eigenvalue weighted by molar-refractivity contribution is 0.00166. The first-order chi connectivity index (χ1) is 14.2. The highest BCUT2D eigenvalue weighted by atomic mass is 32.1. The van der Waals surface area contributed by atoms with Crippen molar-refractivity contribution in [1.82, 2.24) is 10.2 Å². The van der Waals surface area contributed by atoms with E-state index in [1.165, 1.54) is 11.3 Å². The van der Waals surface area contributed by atoms with Crippen molar-refractivity contribution in [2.45, 2.75) is 12.5 Å². The zero-order valence-electron chi connectivity index (χ0n) is 16.3. The van der Waals surface area contributed by atoms with Gasteiger partial charge in [-0.3, -0.25) is 14.5 Å². The van der Waals surface area contributed by atoms with E-state index in [0.717, 1.165) is 45.9 Å². The van der Waals surface area contributed by atoms with Crippen LogP contribution in [0.25, 0.3) is 0 Å². The second-order valence-electron chi connectivity index (χ2n) is 7.40. The molecule has 0 spiro atoms. The average Bonchev–Trinajstić information content (AvgIpc) is 3.49. The number of nitrogens with one attached hydrogen (secondary N) is 1. The number of morpholine rings is 1. The Morgan fingerprint density at radius 2 is 1.86 bits per heavy atom. The van der Waals surface area contributed by atoms with Crippen molar-refractivity contribution in [2.24, 2.45) is 5.92 Å². The van der Waals surface area contributed by atoms with Crippen molar-refractivity contribution in [1.29, 1.82) is 0 Å². The SMILES string of the molecule is O=C(NCC(C1CCOC1)N1CCOCC1)c1ccccc1C(=O)c1cccs1. The van der Waals surface area contributed by atoms with Gasteiger partial charge in [-0.1, -0.05) is 24.3 Å². The Morgan fingerprint density at radius 3 is 2.55 bits per heavy atom. The molecule has 0 radical (unpaired) electrons. The van der Waals surface area contributed by atoms with Gasteiger partial charge in [0.2, 0.25) is 5.78 Å². The van der Waals surface area contributed by atoms with Gasteiger partial charge in [0, 0.05) is 43.8 Å². The molecule has 2 saturated heterocycles. The molecule has 2 atom stereocenters. The van der Waals surface area contributed by atoms with Gasteiger partial charge in [-0.05, 0) is 23.9 Å². The van der Waals surface area contributed by atoms with Gasteiger partial charge in [-0.25, -0.2) is 0 Å². The van der Waals surface area contributed by atoms with Crippen LogP contribution in [0.4, 0.5) is 0 Å². The highest BCUT2D eigenvalue weighted by Crippen LogP contribution is 2.22. The quantitative estimate of drug-likeness (QED) is 0.705. The molecule has 1 amide bonds. The number of benzene rings is 1. The van der Waals surface area contributed by atoms with Crippen molar-refractivity contribution < 1.29 is 19.1 Å². The summed E-state index contributed by atoms with van der Waals surface area (Å²) in [5.41, 5.74) is 0.869. The van der Waals surface area contributed by atoms with Crippen molar-refractivity contribution in [3.8, 4) is 0 Å². The van der Waals surface area contributed by atoms with E-state index in [2.05, 4.69) is 10.2 Å². The molecule has 2 aliphatic rings. The van der Waals surface area contributed by atoms with Crippen LogP contribution < -0.4 is 5.32 Å². The first kappa shape index (κ1) is 20.2. The normalized spacial score (nSPS) is 21.0. The smallest absolute Gasteiger partial charge is 0.252 e. The van der Waals surface area contributed by atoms with E-state index in [-0.39, 0.29) is 17.7 Å². The topological polar surface area (TPSA) is 67.9 Å². The monoisotopic (exact) mass is 414 g/mol. The molecule has 1 N–H and O–H groups in total. The van der Waals surface area contributed by atoms with Crippen LogP contribution in [0.1, 0.15) is 32.0 Å².